The molecule has 0 aliphatic carbocycles. The molecule has 0 spiro atoms. The van der Waals surface area contributed by atoms with Crippen molar-refractivity contribution < 1.29 is 4.79 Å². The van der Waals surface area contributed by atoms with E-state index in [-0.39, 0.29) is 11.8 Å². The van der Waals surface area contributed by atoms with Crippen LogP contribution in [0.3, 0.4) is 0 Å². The van der Waals surface area contributed by atoms with E-state index in [9.17, 15) is 4.79 Å². The van der Waals surface area contributed by atoms with Gasteiger partial charge in [-0.1, -0.05) is 56.3 Å². The lowest BCUT2D eigenvalue weighted by atomic mass is 9.96. The van der Waals surface area contributed by atoms with Crippen molar-refractivity contribution in [3.63, 3.8) is 0 Å². The van der Waals surface area contributed by atoms with E-state index in [4.69, 9.17) is 0 Å². The Labute approximate surface area is 185 Å². The molecule has 0 aliphatic heterocycles. The van der Waals surface area contributed by atoms with Crippen molar-refractivity contribution in [3.05, 3.63) is 89.0 Å². The molecule has 0 saturated carbocycles. The summed E-state index contributed by atoms with van der Waals surface area (Å²) in [5, 5.41) is 11.7. The highest BCUT2D eigenvalue weighted by atomic mass is 16.1. The number of rotatable bonds is 7. The van der Waals surface area contributed by atoms with E-state index < -0.39 is 0 Å². The van der Waals surface area contributed by atoms with E-state index in [0.29, 0.717) is 5.92 Å². The smallest absolute Gasteiger partial charge is 0.231 e. The number of nitrogens with one attached hydrogen (secondary N) is 1. The summed E-state index contributed by atoms with van der Waals surface area (Å²) >= 11 is 0. The van der Waals surface area contributed by atoms with Crippen molar-refractivity contribution in [2.45, 2.75) is 47.0 Å². The predicted molar refractivity (Wildman–Crippen MR) is 129 cm³/mol. The highest BCUT2D eigenvalue weighted by Gasteiger charge is 2.16. The van der Waals surface area contributed by atoms with Gasteiger partial charge >= 0.3 is 0 Å². The molecule has 0 saturated heterocycles. The maximum absolute atomic E-state index is 12.8. The third kappa shape index (κ3) is 6.11. The van der Waals surface area contributed by atoms with Crippen LogP contribution in [0, 0.1) is 19.8 Å². The fourth-order valence-corrected chi connectivity index (χ4v) is 3.44. The van der Waals surface area contributed by atoms with Crippen LogP contribution in [0.5, 0.6) is 0 Å². The summed E-state index contributed by atoms with van der Waals surface area (Å²) in [6.45, 7) is 10.3. The van der Waals surface area contributed by atoms with Crippen LogP contribution in [0.1, 0.15) is 48.9 Å². The van der Waals surface area contributed by atoms with Crippen LogP contribution in [0.2, 0.25) is 0 Å². The Morgan fingerprint density at radius 1 is 0.871 bits per heavy atom. The van der Waals surface area contributed by atoms with E-state index in [1.165, 1.54) is 5.56 Å². The van der Waals surface area contributed by atoms with Gasteiger partial charge in [-0.25, -0.2) is 0 Å². The minimum atomic E-state index is -0.229. The quantitative estimate of drug-likeness (QED) is 0.397. The molecule has 0 radical (unpaired) electrons. The number of anilines is 1. The first-order valence-electron chi connectivity index (χ1n) is 10.8. The fourth-order valence-electron chi connectivity index (χ4n) is 3.44. The standard InChI is InChI=1S/C27H31N3O/c1-18(2)16-22-10-12-23(13-11-22)21(5)27(31)28-25-15-14-24(17-20(25)4)29-30-26-9-7-6-8-19(26)3/h6-15,17-18,21H,16H2,1-5H3,(H,28,31). The van der Waals surface area contributed by atoms with Crippen molar-refractivity contribution in [3.8, 4) is 0 Å². The molecule has 0 aromatic heterocycles. The lowest BCUT2D eigenvalue weighted by Crippen LogP contribution is -2.19. The van der Waals surface area contributed by atoms with Gasteiger partial charge in [0.15, 0.2) is 0 Å². The molecule has 4 nitrogen and oxygen atoms in total. The predicted octanol–water partition coefficient (Wildman–Crippen LogP) is 7.66. The van der Waals surface area contributed by atoms with Gasteiger partial charge in [-0.3, -0.25) is 4.79 Å². The number of hydrogen-bond acceptors (Lipinski definition) is 3. The normalized spacial score (nSPS) is 12.3. The molecule has 1 unspecified atom stereocenters. The SMILES string of the molecule is Cc1ccccc1N=Nc1ccc(NC(=O)C(C)c2ccc(CC(C)C)cc2)c(C)c1. The van der Waals surface area contributed by atoms with Crippen LogP contribution in [0.15, 0.2) is 77.0 Å². The van der Waals surface area contributed by atoms with Crippen LogP contribution in [-0.2, 0) is 11.2 Å². The van der Waals surface area contributed by atoms with Crippen molar-refractivity contribution in [2.75, 3.05) is 5.32 Å². The number of nitrogens with zero attached hydrogens (tertiary/aromatic N) is 2. The number of amides is 1. The zero-order valence-electron chi connectivity index (χ0n) is 19.0. The minimum absolute atomic E-state index is 0.0194. The molecule has 0 fully saturated rings. The Kier molecular flexibility index (Phi) is 7.35. The Bertz CT molecular complexity index is 1070. The monoisotopic (exact) mass is 413 g/mol. The second-order valence-corrected chi connectivity index (χ2v) is 8.54. The number of carbonyl (C=O) groups is 1. The van der Waals surface area contributed by atoms with Crippen LogP contribution >= 0.6 is 0 Å². The lowest BCUT2D eigenvalue weighted by molar-refractivity contribution is -0.117. The first kappa shape index (κ1) is 22.4. The van der Waals surface area contributed by atoms with Gasteiger partial charge in [-0.15, -0.1) is 0 Å². The minimum Gasteiger partial charge on any atom is -0.325 e. The number of benzene rings is 3. The zero-order valence-corrected chi connectivity index (χ0v) is 19.0. The molecular weight excluding hydrogens is 382 g/mol. The first-order chi connectivity index (χ1) is 14.8. The molecule has 3 aromatic carbocycles. The number of aryl methyl sites for hydroxylation is 2. The van der Waals surface area contributed by atoms with Crippen LogP contribution in [0.4, 0.5) is 17.1 Å². The zero-order chi connectivity index (χ0) is 22.4. The Morgan fingerprint density at radius 3 is 2.23 bits per heavy atom. The van der Waals surface area contributed by atoms with E-state index in [0.717, 1.165) is 40.2 Å². The van der Waals surface area contributed by atoms with Gasteiger partial charge in [-0.05, 0) is 79.6 Å². The van der Waals surface area contributed by atoms with Gasteiger partial charge < -0.3 is 5.32 Å². The summed E-state index contributed by atoms with van der Waals surface area (Å²) in [6, 6.07) is 21.9. The molecule has 0 aliphatic rings. The Morgan fingerprint density at radius 2 is 1.58 bits per heavy atom. The van der Waals surface area contributed by atoms with E-state index in [1.807, 2.05) is 63.2 Å². The van der Waals surface area contributed by atoms with Crippen molar-refractivity contribution in [1.29, 1.82) is 0 Å². The maximum atomic E-state index is 12.8. The van der Waals surface area contributed by atoms with Gasteiger partial charge in [-0.2, -0.15) is 10.2 Å². The summed E-state index contributed by atoms with van der Waals surface area (Å²) in [5.41, 5.74) is 6.76. The molecule has 160 valence electrons. The third-order valence-corrected chi connectivity index (χ3v) is 5.37. The maximum Gasteiger partial charge on any atom is 0.231 e. The van der Waals surface area contributed by atoms with E-state index >= 15 is 0 Å². The number of hydrogen-bond donors (Lipinski definition) is 1. The highest BCUT2D eigenvalue weighted by Crippen LogP contribution is 2.26. The van der Waals surface area contributed by atoms with Crippen molar-refractivity contribution in [2.24, 2.45) is 16.1 Å². The fraction of sp³-hybridized carbons (Fsp3) is 0.296. The van der Waals surface area contributed by atoms with Crippen LogP contribution in [-0.4, -0.2) is 5.91 Å². The molecule has 1 atom stereocenters. The molecule has 31 heavy (non-hydrogen) atoms. The van der Waals surface area contributed by atoms with Crippen molar-refractivity contribution in [1.82, 2.24) is 0 Å². The van der Waals surface area contributed by atoms with Crippen LogP contribution in [0.25, 0.3) is 0 Å². The largest absolute Gasteiger partial charge is 0.325 e. The number of azo groups is 1. The summed E-state index contributed by atoms with van der Waals surface area (Å²) in [5.74, 6) is 0.371. The Hall–Kier alpha value is -3.27. The third-order valence-electron chi connectivity index (χ3n) is 5.37. The van der Waals surface area contributed by atoms with Gasteiger partial charge in [0.2, 0.25) is 5.91 Å². The molecule has 3 aromatic rings. The van der Waals surface area contributed by atoms with Gasteiger partial charge in [0, 0.05) is 5.69 Å². The van der Waals surface area contributed by atoms with Crippen LogP contribution < -0.4 is 5.32 Å². The lowest BCUT2D eigenvalue weighted by Gasteiger charge is -2.15. The first-order valence-corrected chi connectivity index (χ1v) is 10.8. The number of carbonyl (C=O) groups excluding carboxylic acids is 1. The molecule has 3 rings (SSSR count). The average Bonchev–Trinajstić information content (AvgIpc) is 2.74. The second-order valence-electron chi connectivity index (χ2n) is 8.54. The summed E-state index contributed by atoms with van der Waals surface area (Å²) in [6.07, 6.45) is 1.05. The molecular formula is C27H31N3O. The van der Waals surface area contributed by atoms with Gasteiger partial charge in [0.1, 0.15) is 0 Å². The summed E-state index contributed by atoms with van der Waals surface area (Å²) in [7, 11) is 0. The topological polar surface area (TPSA) is 53.8 Å². The molecule has 1 N–H and O–H groups in total. The summed E-state index contributed by atoms with van der Waals surface area (Å²) in [4.78, 5) is 12.8. The van der Waals surface area contributed by atoms with Crippen molar-refractivity contribution >= 4 is 23.0 Å². The molecule has 0 heterocycles. The summed E-state index contributed by atoms with van der Waals surface area (Å²) < 4.78 is 0. The molecule has 4 heteroatoms. The highest BCUT2D eigenvalue weighted by molar-refractivity contribution is 5.96. The Balaban J connectivity index is 1.66. The average molecular weight is 414 g/mol. The van der Waals surface area contributed by atoms with E-state index in [1.54, 1.807) is 0 Å². The van der Waals surface area contributed by atoms with Gasteiger partial charge in [0.05, 0.1) is 17.3 Å². The molecule has 0 bridgehead atoms. The van der Waals surface area contributed by atoms with E-state index in [2.05, 4.69) is 53.7 Å². The molecule has 1 amide bonds. The second kappa shape index (κ2) is 10.2. The van der Waals surface area contributed by atoms with Gasteiger partial charge in [0.25, 0.3) is 0 Å².